The Balaban J connectivity index is 2.22. The fourth-order valence-corrected chi connectivity index (χ4v) is 2.24. The quantitative estimate of drug-likeness (QED) is 0.775. The van der Waals surface area contributed by atoms with Crippen LogP contribution in [-0.2, 0) is 13.1 Å². The second-order valence-corrected chi connectivity index (χ2v) is 4.49. The molecule has 0 bridgehead atoms. The molecule has 0 saturated carbocycles. The lowest BCUT2D eigenvalue weighted by Gasteiger charge is -2.11. The topological polar surface area (TPSA) is 73.8 Å². The van der Waals surface area contributed by atoms with Crippen molar-refractivity contribution in [3.63, 3.8) is 0 Å². The van der Waals surface area contributed by atoms with Crippen LogP contribution in [0.4, 0.5) is 0 Å². The average Bonchev–Trinajstić information content (AvgIpc) is 2.51. The zero-order valence-electron chi connectivity index (χ0n) is 10.9. The third-order valence-electron chi connectivity index (χ3n) is 3.22. The molecule has 0 spiro atoms. The monoisotopic (exact) mass is 266 g/mol. The minimum atomic E-state index is -0.0846. The highest BCUT2D eigenvalue weighted by molar-refractivity contribution is 5.79. The van der Waals surface area contributed by atoms with E-state index in [2.05, 4.69) is 9.97 Å². The van der Waals surface area contributed by atoms with Crippen LogP contribution in [0.15, 0.2) is 53.6 Å². The molecule has 0 fully saturated rings. The number of hydrogen-bond acceptors (Lipinski definition) is 4. The molecule has 0 aliphatic carbocycles. The van der Waals surface area contributed by atoms with Crippen molar-refractivity contribution in [1.29, 1.82) is 0 Å². The van der Waals surface area contributed by atoms with E-state index in [1.807, 2.05) is 30.3 Å². The van der Waals surface area contributed by atoms with E-state index in [1.165, 1.54) is 0 Å². The van der Waals surface area contributed by atoms with Crippen molar-refractivity contribution in [1.82, 2.24) is 14.5 Å². The standard InChI is InChI=1S/C15H14N4O/c16-9-12-8-11-4-1-2-5-13(11)19(15(12)20)10-14-17-6-3-7-18-14/h1-8H,9-10,16H2. The van der Waals surface area contributed by atoms with E-state index in [0.717, 1.165) is 10.9 Å². The SMILES string of the molecule is NCc1cc2ccccc2n(Cc2ncccn2)c1=O. The van der Waals surface area contributed by atoms with Gasteiger partial charge in [-0.3, -0.25) is 4.79 Å². The van der Waals surface area contributed by atoms with Gasteiger partial charge in [-0.15, -0.1) is 0 Å². The number of para-hydroxylation sites is 1. The largest absolute Gasteiger partial charge is 0.326 e. The Labute approximate surface area is 115 Å². The highest BCUT2D eigenvalue weighted by atomic mass is 16.1. The van der Waals surface area contributed by atoms with Gasteiger partial charge in [0.2, 0.25) is 0 Å². The Bertz CT molecular complexity index is 796. The molecule has 0 saturated heterocycles. The molecule has 0 unspecified atom stereocenters. The molecule has 3 aromatic rings. The molecule has 2 N–H and O–H groups in total. The van der Waals surface area contributed by atoms with Crippen LogP contribution in [0.3, 0.4) is 0 Å². The number of nitrogens with two attached hydrogens (primary N) is 1. The predicted molar refractivity (Wildman–Crippen MR) is 77.2 cm³/mol. The zero-order chi connectivity index (χ0) is 13.9. The summed E-state index contributed by atoms with van der Waals surface area (Å²) in [6.45, 7) is 0.563. The van der Waals surface area contributed by atoms with Crippen molar-refractivity contribution in [3.8, 4) is 0 Å². The van der Waals surface area contributed by atoms with Crippen LogP contribution in [0.5, 0.6) is 0 Å². The first-order chi connectivity index (χ1) is 9.79. The Kier molecular flexibility index (Phi) is 3.26. The maximum atomic E-state index is 12.4. The van der Waals surface area contributed by atoms with Crippen molar-refractivity contribution < 1.29 is 0 Å². The Morgan fingerprint density at radius 3 is 2.60 bits per heavy atom. The maximum absolute atomic E-state index is 12.4. The van der Waals surface area contributed by atoms with E-state index in [0.29, 0.717) is 17.9 Å². The first-order valence-electron chi connectivity index (χ1n) is 6.37. The second kappa shape index (κ2) is 5.22. The van der Waals surface area contributed by atoms with Gasteiger partial charge in [-0.1, -0.05) is 18.2 Å². The van der Waals surface area contributed by atoms with Gasteiger partial charge >= 0.3 is 0 Å². The van der Waals surface area contributed by atoms with Gasteiger partial charge in [0, 0.05) is 24.5 Å². The van der Waals surface area contributed by atoms with Crippen LogP contribution in [0.1, 0.15) is 11.4 Å². The van der Waals surface area contributed by atoms with Crippen molar-refractivity contribution >= 4 is 10.9 Å². The highest BCUT2D eigenvalue weighted by Crippen LogP contribution is 2.13. The number of nitrogens with zero attached hydrogens (tertiary/aromatic N) is 3. The first kappa shape index (κ1) is 12.5. The van der Waals surface area contributed by atoms with Gasteiger partial charge in [0.1, 0.15) is 5.82 Å². The zero-order valence-corrected chi connectivity index (χ0v) is 10.9. The van der Waals surface area contributed by atoms with E-state index >= 15 is 0 Å². The summed E-state index contributed by atoms with van der Waals surface area (Å²) in [5.41, 5.74) is 7.03. The molecule has 2 heterocycles. The fraction of sp³-hybridized carbons (Fsp3) is 0.133. The van der Waals surface area contributed by atoms with Gasteiger partial charge in [-0.05, 0) is 23.6 Å². The molecular formula is C15H14N4O. The lowest BCUT2D eigenvalue weighted by Crippen LogP contribution is -2.26. The van der Waals surface area contributed by atoms with E-state index < -0.39 is 0 Å². The van der Waals surface area contributed by atoms with Gasteiger partial charge in [0.15, 0.2) is 0 Å². The third-order valence-corrected chi connectivity index (χ3v) is 3.22. The molecule has 0 amide bonds. The van der Waals surface area contributed by atoms with Crippen LogP contribution < -0.4 is 11.3 Å². The first-order valence-corrected chi connectivity index (χ1v) is 6.37. The van der Waals surface area contributed by atoms with Crippen LogP contribution in [0, 0.1) is 0 Å². The van der Waals surface area contributed by atoms with Crippen molar-refractivity contribution in [2.75, 3.05) is 0 Å². The van der Waals surface area contributed by atoms with Gasteiger partial charge in [0.05, 0.1) is 12.1 Å². The number of rotatable bonds is 3. The normalized spacial score (nSPS) is 10.8. The minimum Gasteiger partial charge on any atom is -0.326 e. The summed E-state index contributed by atoms with van der Waals surface area (Å²) in [5, 5.41) is 0.989. The van der Waals surface area contributed by atoms with E-state index in [1.54, 1.807) is 23.0 Å². The van der Waals surface area contributed by atoms with E-state index in [9.17, 15) is 4.79 Å². The summed E-state index contributed by atoms with van der Waals surface area (Å²) in [7, 11) is 0. The minimum absolute atomic E-state index is 0.0846. The van der Waals surface area contributed by atoms with Crippen LogP contribution >= 0.6 is 0 Å². The van der Waals surface area contributed by atoms with Crippen LogP contribution in [-0.4, -0.2) is 14.5 Å². The van der Waals surface area contributed by atoms with Crippen LogP contribution in [0.2, 0.25) is 0 Å². The van der Waals surface area contributed by atoms with Gasteiger partial charge in [-0.2, -0.15) is 0 Å². The number of pyridine rings is 1. The van der Waals surface area contributed by atoms with E-state index in [-0.39, 0.29) is 12.1 Å². The van der Waals surface area contributed by atoms with Gasteiger partial charge < -0.3 is 10.3 Å². The summed E-state index contributed by atoms with van der Waals surface area (Å²) in [5.74, 6) is 0.605. The number of hydrogen-bond donors (Lipinski definition) is 1. The summed E-state index contributed by atoms with van der Waals surface area (Å²) in [6.07, 6.45) is 3.34. The van der Waals surface area contributed by atoms with Crippen molar-refractivity contribution in [2.45, 2.75) is 13.1 Å². The summed E-state index contributed by atoms with van der Waals surface area (Å²) in [6, 6.07) is 11.3. The van der Waals surface area contributed by atoms with Gasteiger partial charge in [0.25, 0.3) is 5.56 Å². The lowest BCUT2D eigenvalue weighted by molar-refractivity contribution is 0.731. The lowest BCUT2D eigenvalue weighted by atomic mass is 10.1. The average molecular weight is 266 g/mol. The molecule has 1 aromatic carbocycles. The molecular weight excluding hydrogens is 252 g/mol. The molecule has 3 rings (SSSR count). The van der Waals surface area contributed by atoms with Gasteiger partial charge in [-0.25, -0.2) is 9.97 Å². The van der Waals surface area contributed by atoms with Crippen molar-refractivity contribution in [3.05, 3.63) is 70.5 Å². The third kappa shape index (κ3) is 2.19. The Hall–Kier alpha value is -2.53. The fourth-order valence-electron chi connectivity index (χ4n) is 2.24. The summed E-state index contributed by atoms with van der Waals surface area (Å²) >= 11 is 0. The molecule has 0 radical (unpaired) electrons. The second-order valence-electron chi connectivity index (χ2n) is 4.49. The molecule has 0 aliphatic heterocycles. The number of aromatic nitrogens is 3. The Morgan fingerprint density at radius 1 is 1.10 bits per heavy atom. The van der Waals surface area contributed by atoms with Crippen LogP contribution in [0.25, 0.3) is 10.9 Å². The maximum Gasteiger partial charge on any atom is 0.255 e. The predicted octanol–water partition coefficient (Wildman–Crippen LogP) is 1.30. The molecule has 0 atom stereocenters. The molecule has 0 aliphatic rings. The number of benzene rings is 1. The smallest absolute Gasteiger partial charge is 0.255 e. The molecule has 100 valence electrons. The van der Waals surface area contributed by atoms with Crippen molar-refractivity contribution in [2.24, 2.45) is 5.73 Å². The molecule has 5 heteroatoms. The molecule has 5 nitrogen and oxygen atoms in total. The highest BCUT2D eigenvalue weighted by Gasteiger charge is 2.09. The summed E-state index contributed by atoms with van der Waals surface area (Å²) in [4.78, 5) is 20.8. The molecule has 20 heavy (non-hydrogen) atoms. The van der Waals surface area contributed by atoms with E-state index in [4.69, 9.17) is 5.73 Å². The number of fused-ring (bicyclic) bond motifs is 1. The summed E-state index contributed by atoms with van der Waals surface area (Å²) < 4.78 is 1.67. The Morgan fingerprint density at radius 2 is 1.85 bits per heavy atom. The molecule has 2 aromatic heterocycles.